The average molecular weight is 511 g/mol. The molecule has 0 saturated carbocycles. The van der Waals surface area contributed by atoms with Gasteiger partial charge in [0.25, 0.3) is 0 Å². The number of halogens is 1. The molecule has 0 bridgehead atoms. The number of carbonyl (C=O) groups is 1. The highest BCUT2D eigenvalue weighted by Gasteiger charge is 2.36. The van der Waals surface area contributed by atoms with Gasteiger partial charge in [-0.1, -0.05) is 6.58 Å². The minimum atomic E-state index is -1.25. The molecule has 2 saturated heterocycles. The largest absolute Gasteiger partial charge is 0.345 e. The zero-order chi connectivity index (χ0) is 26.3. The maximum Gasteiger partial charge on any atom is 0.243 e. The quantitative estimate of drug-likeness (QED) is 0.487. The molecular formula is C25H35FN10O. The monoisotopic (exact) mass is 510 g/mol. The number of likely N-dealkylation sites (tertiary alicyclic amines) is 1. The number of carbonyl (C=O) groups excluding carboxylic acids is 1. The Morgan fingerprint density at radius 2 is 1.97 bits per heavy atom. The van der Waals surface area contributed by atoms with Crippen molar-refractivity contribution in [3.05, 3.63) is 31.4 Å². The summed E-state index contributed by atoms with van der Waals surface area (Å²) in [5.74, 6) is 0.502. The number of hydrogen-bond acceptors (Lipinski definition) is 8. The first kappa shape index (κ1) is 25.1. The second-order valence-corrected chi connectivity index (χ2v) is 10.9. The molecule has 198 valence electrons. The van der Waals surface area contributed by atoms with Crippen molar-refractivity contribution in [1.82, 2.24) is 39.5 Å². The minimum absolute atomic E-state index is 0.0742. The molecule has 2 aliphatic heterocycles. The molecule has 11 nitrogen and oxygen atoms in total. The fourth-order valence-corrected chi connectivity index (χ4v) is 4.91. The Bertz CT molecular complexity index is 1290. The van der Waals surface area contributed by atoms with Crippen LogP contribution >= 0.6 is 0 Å². The molecule has 0 aromatic carbocycles. The molecule has 3 aromatic rings. The van der Waals surface area contributed by atoms with Crippen molar-refractivity contribution in [3.63, 3.8) is 0 Å². The van der Waals surface area contributed by atoms with Gasteiger partial charge < -0.3 is 25.0 Å². The Hall–Kier alpha value is -3.54. The summed E-state index contributed by atoms with van der Waals surface area (Å²) in [7, 11) is 2.14. The number of aromatic nitrogens is 6. The van der Waals surface area contributed by atoms with Crippen LogP contribution in [0.25, 0.3) is 11.2 Å². The molecule has 0 spiro atoms. The Balaban J connectivity index is 1.46. The van der Waals surface area contributed by atoms with Crippen LogP contribution in [0.2, 0.25) is 0 Å². The van der Waals surface area contributed by atoms with E-state index in [0.717, 1.165) is 37.7 Å². The summed E-state index contributed by atoms with van der Waals surface area (Å²) in [6, 6.07) is -0.303. The van der Waals surface area contributed by atoms with Gasteiger partial charge in [0.05, 0.1) is 36.8 Å². The molecule has 0 unspecified atom stereocenters. The van der Waals surface area contributed by atoms with E-state index in [4.69, 9.17) is 9.97 Å². The van der Waals surface area contributed by atoms with Crippen molar-refractivity contribution in [2.75, 3.05) is 43.4 Å². The van der Waals surface area contributed by atoms with E-state index >= 15 is 0 Å². The molecule has 0 aliphatic carbocycles. The number of nitrogens with one attached hydrogen (secondary N) is 2. The molecule has 0 radical (unpaired) electrons. The first-order valence-electron chi connectivity index (χ1n) is 12.7. The van der Waals surface area contributed by atoms with Gasteiger partial charge >= 0.3 is 0 Å². The lowest BCUT2D eigenvalue weighted by atomic mass is 10.1. The summed E-state index contributed by atoms with van der Waals surface area (Å²) in [6.07, 6.45) is 7.55. The number of imidazole rings is 1. The summed E-state index contributed by atoms with van der Waals surface area (Å²) < 4.78 is 18.8. The Morgan fingerprint density at radius 1 is 1.22 bits per heavy atom. The summed E-state index contributed by atoms with van der Waals surface area (Å²) in [5, 5.41) is 10.6. The van der Waals surface area contributed by atoms with Gasteiger partial charge in [-0.05, 0) is 59.8 Å². The Morgan fingerprint density at radius 3 is 2.68 bits per heavy atom. The molecule has 2 N–H and O–H groups in total. The molecule has 37 heavy (non-hydrogen) atoms. The molecule has 3 aromatic heterocycles. The van der Waals surface area contributed by atoms with E-state index in [1.165, 1.54) is 0 Å². The number of hydrogen-bond donors (Lipinski definition) is 2. The number of anilines is 3. The molecule has 2 atom stereocenters. The van der Waals surface area contributed by atoms with Crippen molar-refractivity contribution < 1.29 is 9.18 Å². The number of amides is 1. The van der Waals surface area contributed by atoms with Crippen LogP contribution in [0.4, 0.5) is 21.8 Å². The van der Waals surface area contributed by atoms with Gasteiger partial charge in [0.1, 0.15) is 6.17 Å². The first-order valence-corrected chi connectivity index (χ1v) is 12.7. The smallest absolute Gasteiger partial charge is 0.243 e. The lowest BCUT2D eigenvalue weighted by Gasteiger charge is -2.28. The number of rotatable bonds is 6. The highest BCUT2D eigenvalue weighted by molar-refractivity contribution is 5.88. The summed E-state index contributed by atoms with van der Waals surface area (Å²) in [5.41, 5.74) is 1.80. The van der Waals surface area contributed by atoms with Crippen molar-refractivity contribution in [3.8, 4) is 0 Å². The molecule has 2 aliphatic rings. The third-order valence-corrected chi connectivity index (χ3v) is 7.08. The highest BCUT2D eigenvalue weighted by atomic mass is 19.1. The van der Waals surface area contributed by atoms with Crippen molar-refractivity contribution in [1.29, 1.82) is 0 Å². The van der Waals surface area contributed by atoms with Gasteiger partial charge in [-0.15, -0.1) is 0 Å². The van der Waals surface area contributed by atoms with Gasteiger partial charge in [0.2, 0.25) is 11.9 Å². The fourth-order valence-electron chi connectivity index (χ4n) is 4.91. The van der Waals surface area contributed by atoms with Gasteiger partial charge in [-0.2, -0.15) is 15.1 Å². The predicted octanol–water partition coefficient (Wildman–Crippen LogP) is 2.62. The van der Waals surface area contributed by atoms with Crippen LogP contribution in [0, 0.1) is 0 Å². The maximum absolute atomic E-state index is 14.8. The average Bonchev–Trinajstić information content (AvgIpc) is 3.58. The van der Waals surface area contributed by atoms with Gasteiger partial charge in [-0.3, -0.25) is 9.48 Å². The second kappa shape index (κ2) is 9.73. The molecule has 2 fully saturated rings. The lowest BCUT2D eigenvalue weighted by molar-refractivity contribution is -0.117. The van der Waals surface area contributed by atoms with E-state index in [-0.39, 0.29) is 18.6 Å². The zero-order valence-corrected chi connectivity index (χ0v) is 21.9. The summed E-state index contributed by atoms with van der Waals surface area (Å²) >= 11 is 0. The SMILES string of the molecule is C=CC(=O)N[C@@H]1CN(c2nc(Nc3cnn(C4CCN(C)CC4)c3)c3ncn(C(C)(C)C)c3n2)C[C@@H]1F. The second-order valence-electron chi connectivity index (χ2n) is 10.9. The van der Waals surface area contributed by atoms with Crippen LogP contribution in [-0.2, 0) is 10.3 Å². The molecular weight excluding hydrogens is 475 g/mol. The Kier molecular flexibility index (Phi) is 6.61. The maximum atomic E-state index is 14.8. The number of piperidine rings is 1. The molecule has 5 heterocycles. The topological polar surface area (TPSA) is 109 Å². The number of nitrogens with zero attached hydrogens (tertiary/aromatic N) is 8. The zero-order valence-electron chi connectivity index (χ0n) is 21.9. The van der Waals surface area contributed by atoms with E-state index in [9.17, 15) is 9.18 Å². The summed E-state index contributed by atoms with van der Waals surface area (Å²) in [4.78, 5) is 30.0. The van der Waals surface area contributed by atoms with Gasteiger partial charge in [-0.25, -0.2) is 9.37 Å². The van der Waals surface area contributed by atoms with Crippen LogP contribution in [0.1, 0.15) is 39.7 Å². The van der Waals surface area contributed by atoms with E-state index in [1.54, 1.807) is 17.4 Å². The first-order chi connectivity index (χ1) is 17.6. The predicted molar refractivity (Wildman–Crippen MR) is 141 cm³/mol. The van der Waals surface area contributed by atoms with Crippen LogP contribution < -0.4 is 15.5 Å². The minimum Gasteiger partial charge on any atom is -0.345 e. The van der Waals surface area contributed by atoms with Gasteiger partial charge in [0.15, 0.2) is 17.0 Å². The fraction of sp³-hybridized carbons (Fsp3) is 0.560. The number of alkyl halides is 1. The molecule has 5 rings (SSSR count). The normalized spacial score (nSPS) is 21.5. The van der Waals surface area contributed by atoms with Crippen LogP contribution in [0.3, 0.4) is 0 Å². The van der Waals surface area contributed by atoms with Crippen molar-refractivity contribution >= 4 is 34.5 Å². The third kappa shape index (κ3) is 5.15. The Labute approximate surface area is 215 Å². The lowest BCUT2D eigenvalue weighted by Crippen LogP contribution is -2.40. The van der Waals surface area contributed by atoms with E-state index in [1.807, 2.05) is 15.4 Å². The standard InChI is InChI=1S/C25H35FN10O/c1-6-20(37)30-19-14-34(13-18(19)26)24-31-22(21-23(32-24)35(15-27-21)25(2,3)4)29-16-11-28-36(12-16)17-7-9-33(5)10-8-17/h6,11-12,15,17-19H,1,7-10,13-14H2,2-5H3,(H,30,37)(H,29,31,32)/t18-,19+/m0/s1. The van der Waals surface area contributed by atoms with E-state index in [2.05, 4.69) is 60.0 Å². The van der Waals surface area contributed by atoms with E-state index < -0.39 is 18.1 Å². The molecule has 1 amide bonds. The molecule has 12 heteroatoms. The van der Waals surface area contributed by atoms with Crippen LogP contribution in [0.5, 0.6) is 0 Å². The number of fused-ring (bicyclic) bond motifs is 1. The van der Waals surface area contributed by atoms with Crippen molar-refractivity contribution in [2.24, 2.45) is 0 Å². The summed E-state index contributed by atoms with van der Waals surface area (Å²) in [6.45, 7) is 12.1. The highest BCUT2D eigenvalue weighted by Crippen LogP contribution is 2.31. The van der Waals surface area contributed by atoms with E-state index in [0.29, 0.717) is 29.0 Å². The van der Waals surface area contributed by atoms with Gasteiger partial charge in [0, 0.05) is 18.3 Å². The van der Waals surface area contributed by atoms with Crippen molar-refractivity contribution in [2.45, 2.75) is 57.4 Å². The van der Waals surface area contributed by atoms with Crippen LogP contribution in [0.15, 0.2) is 31.4 Å². The third-order valence-electron chi connectivity index (χ3n) is 7.08. The van der Waals surface area contributed by atoms with Crippen LogP contribution in [-0.4, -0.2) is 85.5 Å².